The van der Waals surface area contributed by atoms with Crippen molar-refractivity contribution in [2.75, 3.05) is 6.61 Å². The van der Waals surface area contributed by atoms with Gasteiger partial charge in [0, 0.05) is 15.0 Å². The van der Waals surface area contributed by atoms with Gasteiger partial charge in [-0.05, 0) is 54.1 Å². The molecule has 3 rings (SSSR count). The van der Waals surface area contributed by atoms with Crippen molar-refractivity contribution in [1.29, 1.82) is 0 Å². The van der Waals surface area contributed by atoms with Gasteiger partial charge in [-0.3, -0.25) is 10.1 Å². The summed E-state index contributed by atoms with van der Waals surface area (Å²) in [6.07, 6.45) is -1.30. The van der Waals surface area contributed by atoms with Gasteiger partial charge in [-0.15, -0.1) is 0 Å². The van der Waals surface area contributed by atoms with Gasteiger partial charge in [0.1, 0.15) is 0 Å². The summed E-state index contributed by atoms with van der Waals surface area (Å²) in [5, 5.41) is 12.7. The number of ether oxygens (including phenoxy) is 2. The summed E-state index contributed by atoms with van der Waals surface area (Å²) in [6.45, 7) is -0.609. The largest absolute Gasteiger partial charge is 0.455 e. The van der Waals surface area contributed by atoms with Crippen molar-refractivity contribution in [3.05, 3.63) is 116 Å². The number of benzene rings is 3. The van der Waals surface area contributed by atoms with Crippen LogP contribution in [-0.2, 0) is 9.47 Å². The molecule has 2 atom stereocenters. The average molecular weight is 474 g/mol. The molecule has 164 valence electrons. The number of esters is 2. The number of nitrogens with zero attached hydrogens (tertiary/aromatic N) is 1. The number of rotatable bonds is 8. The Bertz CT molecular complexity index is 1090. The minimum Gasteiger partial charge on any atom is -0.455 e. The van der Waals surface area contributed by atoms with Gasteiger partial charge >= 0.3 is 11.9 Å². The molecule has 0 aromatic heterocycles. The number of hydrogen-bond acceptors (Lipinski definition) is 6. The van der Waals surface area contributed by atoms with Crippen molar-refractivity contribution in [2.24, 2.45) is 0 Å². The highest BCUT2D eigenvalue weighted by Gasteiger charge is 2.38. The standard InChI is InChI=1S/C23H17Cl2NO6/c24-18-10-6-16(7-11-18)22(27)31-14-20(26(29)30)21(15-4-2-1-3-5-15)32-23(28)17-8-12-19(25)13-9-17/h1-13,20-21H,14H2. The third-order valence-corrected chi connectivity index (χ3v) is 5.03. The molecule has 0 saturated carbocycles. The van der Waals surface area contributed by atoms with Crippen LogP contribution in [-0.4, -0.2) is 29.5 Å². The van der Waals surface area contributed by atoms with Crippen molar-refractivity contribution < 1.29 is 24.0 Å². The number of carbonyl (C=O) groups excluding carboxylic acids is 2. The highest BCUT2D eigenvalue weighted by atomic mass is 35.5. The Hall–Kier alpha value is -3.42. The molecule has 9 heteroatoms. The highest BCUT2D eigenvalue weighted by molar-refractivity contribution is 6.31. The molecule has 0 N–H and O–H groups in total. The molecule has 3 aromatic carbocycles. The lowest BCUT2D eigenvalue weighted by molar-refractivity contribution is -0.537. The molecule has 0 spiro atoms. The molecular formula is C23H17Cl2NO6. The van der Waals surface area contributed by atoms with Crippen LogP contribution in [0.1, 0.15) is 32.4 Å². The van der Waals surface area contributed by atoms with Gasteiger partial charge in [-0.2, -0.15) is 0 Å². The van der Waals surface area contributed by atoms with Gasteiger partial charge in [0.05, 0.1) is 11.1 Å². The van der Waals surface area contributed by atoms with E-state index >= 15 is 0 Å². The number of nitro groups is 1. The quantitative estimate of drug-likeness (QED) is 0.247. The smallest absolute Gasteiger partial charge is 0.338 e. The van der Waals surface area contributed by atoms with Crippen molar-refractivity contribution >= 4 is 35.1 Å². The minimum atomic E-state index is -1.54. The van der Waals surface area contributed by atoms with Crippen LogP contribution in [0.3, 0.4) is 0 Å². The maximum atomic E-state index is 12.7. The van der Waals surface area contributed by atoms with E-state index in [1.807, 2.05) is 0 Å². The second-order valence-electron chi connectivity index (χ2n) is 6.70. The van der Waals surface area contributed by atoms with Crippen LogP contribution in [0.2, 0.25) is 10.0 Å². The maximum Gasteiger partial charge on any atom is 0.338 e. The lowest BCUT2D eigenvalue weighted by atomic mass is 10.0. The Kier molecular flexibility index (Phi) is 7.81. The van der Waals surface area contributed by atoms with Gasteiger partial charge in [0.15, 0.2) is 12.7 Å². The van der Waals surface area contributed by atoms with Crippen molar-refractivity contribution in [1.82, 2.24) is 0 Å². The van der Waals surface area contributed by atoms with E-state index in [9.17, 15) is 19.7 Å². The zero-order valence-corrected chi connectivity index (χ0v) is 18.0. The van der Waals surface area contributed by atoms with E-state index in [1.54, 1.807) is 30.3 Å². The fourth-order valence-electron chi connectivity index (χ4n) is 2.87. The molecule has 0 bridgehead atoms. The Morgan fingerprint density at radius 1 is 0.812 bits per heavy atom. The zero-order chi connectivity index (χ0) is 23.1. The topological polar surface area (TPSA) is 95.7 Å². The normalized spacial score (nSPS) is 12.4. The van der Waals surface area contributed by atoms with Crippen LogP contribution in [0, 0.1) is 10.1 Å². The van der Waals surface area contributed by atoms with E-state index in [1.165, 1.54) is 48.5 Å². The summed E-state index contributed by atoms with van der Waals surface area (Å²) in [7, 11) is 0. The summed E-state index contributed by atoms with van der Waals surface area (Å²) in [5.74, 6) is -1.53. The van der Waals surface area contributed by atoms with E-state index in [2.05, 4.69) is 0 Å². The molecule has 0 fully saturated rings. The molecule has 7 nitrogen and oxygen atoms in total. The molecule has 0 aliphatic carbocycles. The second kappa shape index (κ2) is 10.7. The third-order valence-electron chi connectivity index (χ3n) is 4.53. The first-order valence-corrected chi connectivity index (χ1v) is 10.2. The summed E-state index contributed by atoms with van der Waals surface area (Å²) in [5.41, 5.74) is 0.751. The van der Waals surface area contributed by atoms with E-state index in [0.717, 1.165) is 0 Å². The van der Waals surface area contributed by atoms with Crippen LogP contribution in [0.25, 0.3) is 0 Å². The van der Waals surface area contributed by atoms with Gasteiger partial charge in [0.2, 0.25) is 0 Å². The van der Waals surface area contributed by atoms with Gasteiger partial charge in [-0.25, -0.2) is 9.59 Å². The average Bonchev–Trinajstić information content (AvgIpc) is 2.79. The molecular weight excluding hydrogens is 457 g/mol. The van der Waals surface area contributed by atoms with Gasteiger partial charge in [-0.1, -0.05) is 53.5 Å². The van der Waals surface area contributed by atoms with E-state index < -0.39 is 35.6 Å². The predicted octanol–water partition coefficient (Wildman–Crippen LogP) is 5.39. The van der Waals surface area contributed by atoms with Crippen LogP contribution in [0.15, 0.2) is 78.9 Å². The lowest BCUT2D eigenvalue weighted by Gasteiger charge is -2.22. The molecule has 32 heavy (non-hydrogen) atoms. The molecule has 0 aliphatic rings. The van der Waals surface area contributed by atoms with Crippen molar-refractivity contribution in [2.45, 2.75) is 12.1 Å². The second-order valence-corrected chi connectivity index (χ2v) is 7.57. The lowest BCUT2D eigenvalue weighted by Crippen LogP contribution is -2.36. The first-order valence-electron chi connectivity index (χ1n) is 9.43. The van der Waals surface area contributed by atoms with Crippen LogP contribution in [0.4, 0.5) is 0 Å². The fraction of sp³-hybridized carbons (Fsp3) is 0.130. The molecule has 0 saturated heterocycles. The SMILES string of the molecule is O=C(OCC(C(OC(=O)c1ccc(Cl)cc1)c1ccccc1)[N+](=O)[O-])c1ccc(Cl)cc1. The number of hydrogen-bond donors (Lipinski definition) is 0. The van der Waals surface area contributed by atoms with E-state index in [0.29, 0.717) is 15.6 Å². The number of carbonyl (C=O) groups is 2. The zero-order valence-electron chi connectivity index (χ0n) is 16.5. The first-order chi connectivity index (χ1) is 15.3. The third kappa shape index (κ3) is 6.06. The van der Waals surface area contributed by atoms with Crippen molar-refractivity contribution in [3.63, 3.8) is 0 Å². The van der Waals surface area contributed by atoms with Crippen LogP contribution >= 0.6 is 23.2 Å². The van der Waals surface area contributed by atoms with Crippen LogP contribution in [0.5, 0.6) is 0 Å². The fourth-order valence-corrected chi connectivity index (χ4v) is 3.12. The molecule has 0 amide bonds. The summed E-state index contributed by atoms with van der Waals surface area (Å²) in [4.78, 5) is 36.2. The monoisotopic (exact) mass is 473 g/mol. The molecule has 0 aliphatic heterocycles. The Balaban J connectivity index is 1.82. The maximum absolute atomic E-state index is 12.7. The van der Waals surface area contributed by atoms with Gasteiger partial charge < -0.3 is 9.47 Å². The van der Waals surface area contributed by atoms with Crippen molar-refractivity contribution in [3.8, 4) is 0 Å². The Morgan fingerprint density at radius 2 is 1.31 bits per heavy atom. The molecule has 0 heterocycles. The predicted molar refractivity (Wildman–Crippen MR) is 119 cm³/mol. The van der Waals surface area contributed by atoms with E-state index in [4.69, 9.17) is 32.7 Å². The molecule has 0 radical (unpaired) electrons. The molecule has 3 aromatic rings. The number of halogens is 2. The minimum absolute atomic E-state index is 0.176. The summed E-state index contributed by atoms with van der Waals surface area (Å²) < 4.78 is 10.7. The van der Waals surface area contributed by atoms with Gasteiger partial charge in [0.25, 0.3) is 6.04 Å². The molecule has 2 unspecified atom stereocenters. The first kappa shape index (κ1) is 23.2. The van der Waals surface area contributed by atoms with Crippen LogP contribution < -0.4 is 0 Å². The van der Waals surface area contributed by atoms with E-state index in [-0.39, 0.29) is 11.1 Å². The summed E-state index contributed by atoms with van der Waals surface area (Å²) in [6, 6.07) is 18.5. The Labute approximate surface area is 193 Å². The Morgan fingerprint density at radius 3 is 1.81 bits per heavy atom. The summed E-state index contributed by atoms with van der Waals surface area (Å²) >= 11 is 11.6. The highest BCUT2D eigenvalue weighted by Crippen LogP contribution is 2.26.